The normalized spacial score (nSPS) is 14.6. The number of aliphatic carboxylic acids is 1. The first kappa shape index (κ1) is 19.9. The lowest BCUT2D eigenvalue weighted by Crippen LogP contribution is -2.38. The van der Waals surface area contributed by atoms with Crippen LogP contribution in [0.1, 0.15) is 36.0 Å². The van der Waals surface area contributed by atoms with Crippen molar-refractivity contribution in [2.75, 3.05) is 13.1 Å². The fourth-order valence-corrected chi connectivity index (χ4v) is 3.98. The zero-order valence-corrected chi connectivity index (χ0v) is 16.8. The number of carbonyl (C=O) groups excluding carboxylic acids is 1. The maximum Gasteiger partial charge on any atom is 0.303 e. The van der Waals surface area contributed by atoms with Crippen molar-refractivity contribution >= 4 is 11.9 Å². The predicted molar refractivity (Wildman–Crippen MR) is 114 cm³/mol. The summed E-state index contributed by atoms with van der Waals surface area (Å²) in [6.07, 6.45) is 4.37. The zero-order chi connectivity index (χ0) is 20.9. The number of nitrogens with zero attached hydrogens (tertiary/aromatic N) is 3. The molecule has 1 aliphatic heterocycles. The van der Waals surface area contributed by atoms with Crippen LogP contribution < -0.4 is 0 Å². The van der Waals surface area contributed by atoms with Gasteiger partial charge in [-0.25, -0.2) is 4.68 Å². The average Bonchev–Trinajstić information content (AvgIpc) is 3.24. The van der Waals surface area contributed by atoms with Crippen molar-refractivity contribution in [3.63, 3.8) is 0 Å². The Kier molecular flexibility index (Phi) is 5.93. The van der Waals surface area contributed by atoms with Crippen LogP contribution >= 0.6 is 0 Å². The van der Waals surface area contributed by atoms with Gasteiger partial charge in [-0.15, -0.1) is 0 Å². The predicted octanol–water partition coefficient (Wildman–Crippen LogP) is 4.26. The molecule has 1 fully saturated rings. The number of aromatic nitrogens is 2. The van der Waals surface area contributed by atoms with Crippen LogP contribution in [0.3, 0.4) is 0 Å². The highest BCUT2D eigenvalue weighted by Crippen LogP contribution is 2.28. The average molecular weight is 403 g/mol. The number of carbonyl (C=O) groups is 2. The monoisotopic (exact) mass is 403 g/mol. The van der Waals surface area contributed by atoms with Crippen molar-refractivity contribution in [3.8, 4) is 16.9 Å². The molecule has 0 radical (unpaired) electrons. The van der Waals surface area contributed by atoms with Crippen LogP contribution in [0.4, 0.5) is 0 Å². The molecule has 3 aromatic rings. The fraction of sp³-hybridized carbons (Fsp3) is 0.292. The summed E-state index contributed by atoms with van der Waals surface area (Å²) in [6.45, 7) is 1.29. The molecule has 154 valence electrons. The van der Waals surface area contributed by atoms with E-state index in [-0.39, 0.29) is 12.3 Å². The summed E-state index contributed by atoms with van der Waals surface area (Å²) < 4.78 is 1.76. The molecule has 0 aliphatic carbocycles. The maximum atomic E-state index is 13.4. The molecule has 6 nitrogen and oxygen atoms in total. The molecule has 4 rings (SSSR count). The van der Waals surface area contributed by atoms with E-state index in [4.69, 9.17) is 10.2 Å². The molecule has 30 heavy (non-hydrogen) atoms. The van der Waals surface area contributed by atoms with Gasteiger partial charge in [0.15, 0.2) is 0 Å². The number of carboxylic acid groups (broad SMARTS) is 1. The quantitative estimate of drug-likeness (QED) is 0.667. The highest BCUT2D eigenvalue weighted by Gasteiger charge is 2.27. The number of para-hydroxylation sites is 1. The Labute approximate surface area is 175 Å². The third-order valence-electron chi connectivity index (χ3n) is 5.68. The van der Waals surface area contributed by atoms with Crippen LogP contribution in [-0.4, -0.2) is 44.8 Å². The van der Waals surface area contributed by atoms with E-state index in [0.29, 0.717) is 36.7 Å². The number of piperidine rings is 1. The Morgan fingerprint density at radius 1 is 0.967 bits per heavy atom. The first-order valence-corrected chi connectivity index (χ1v) is 10.3. The summed E-state index contributed by atoms with van der Waals surface area (Å²) in [6, 6.07) is 19.5. The molecule has 1 saturated heterocycles. The number of hydrogen-bond donors (Lipinski definition) is 1. The first-order valence-electron chi connectivity index (χ1n) is 10.3. The Balaban J connectivity index is 1.58. The SMILES string of the molecule is O=C(O)CCC1CCN(C(=O)c2cn(-c3ccccc3)nc2-c2ccccc2)CC1. The highest BCUT2D eigenvalue weighted by atomic mass is 16.4. The number of hydrogen-bond acceptors (Lipinski definition) is 3. The molecule has 0 bridgehead atoms. The number of amides is 1. The number of likely N-dealkylation sites (tertiary alicyclic amines) is 1. The van der Waals surface area contributed by atoms with Gasteiger partial charge in [-0.1, -0.05) is 48.5 Å². The lowest BCUT2D eigenvalue weighted by atomic mass is 9.92. The smallest absolute Gasteiger partial charge is 0.303 e. The van der Waals surface area contributed by atoms with Gasteiger partial charge in [0.25, 0.3) is 5.91 Å². The molecule has 0 atom stereocenters. The van der Waals surface area contributed by atoms with Crippen molar-refractivity contribution in [1.29, 1.82) is 0 Å². The highest BCUT2D eigenvalue weighted by molar-refractivity contribution is 6.00. The Morgan fingerprint density at radius 3 is 2.23 bits per heavy atom. The van der Waals surface area contributed by atoms with Gasteiger partial charge in [0, 0.05) is 31.3 Å². The number of benzene rings is 2. The zero-order valence-electron chi connectivity index (χ0n) is 16.8. The van der Waals surface area contributed by atoms with E-state index in [0.717, 1.165) is 24.1 Å². The van der Waals surface area contributed by atoms with E-state index < -0.39 is 5.97 Å². The molecule has 0 unspecified atom stereocenters. The van der Waals surface area contributed by atoms with E-state index in [1.165, 1.54) is 0 Å². The van der Waals surface area contributed by atoms with Gasteiger partial charge in [-0.3, -0.25) is 9.59 Å². The molecule has 2 aromatic carbocycles. The molecular weight excluding hydrogens is 378 g/mol. The summed E-state index contributed by atoms with van der Waals surface area (Å²) in [5.74, 6) is -0.409. The fourth-order valence-electron chi connectivity index (χ4n) is 3.98. The van der Waals surface area contributed by atoms with Gasteiger partial charge < -0.3 is 10.0 Å². The van der Waals surface area contributed by atoms with Gasteiger partial charge in [-0.2, -0.15) is 5.10 Å². The minimum Gasteiger partial charge on any atom is -0.481 e. The largest absolute Gasteiger partial charge is 0.481 e. The molecule has 1 aliphatic rings. The van der Waals surface area contributed by atoms with Crippen molar-refractivity contribution in [2.24, 2.45) is 5.92 Å². The molecule has 0 spiro atoms. The Bertz CT molecular complexity index is 1010. The van der Waals surface area contributed by atoms with Crippen LogP contribution in [0.15, 0.2) is 66.9 Å². The van der Waals surface area contributed by atoms with Crippen LogP contribution in [0.5, 0.6) is 0 Å². The molecule has 6 heteroatoms. The van der Waals surface area contributed by atoms with E-state index >= 15 is 0 Å². The van der Waals surface area contributed by atoms with Crippen molar-refractivity contribution in [1.82, 2.24) is 14.7 Å². The third kappa shape index (κ3) is 4.43. The lowest BCUT2D eigenvalue weighted by Gasteiger charge is -2.31. The summed E-state index contributed by atoms with van der Waals surface area (Å²) in [7, 11) is 0. The summed E-state index contributed by atoms with van der Waals surface area (Å²) in [5.41, 5.74) is 3.08. The van der Waals surface area contributed by atoms with Gasteiger partial charge in [0.2, 0.25) is 0 Å². The summed E-state index contributed by atoms with van der Waals surface area (Å²) >= 11 is 0. The van der Waals surface area contributed by atoms with Crippen LogP contribution in [0, 0.1) is 5.92 Å². The van der Waals surface area contributed by atoms with E-state index in [9.17, 15) is 9.59 Å². The van der Waals surface area contributed by atoms with Crippen molar-refractivity contribution < 1.29 is 14.7 Å². The molecule has 2 heterocycles. The Morgan fingerprint density at radius 2 is 1.60 bits per heavy atom. The van der Waals surface area contributed by atoms with E-state index in [2.05, 4.69) is 0 Å². The van der Waals surface area contributed by atoms with Gasteiger partial charge >= 0.3 is 5.97 Å². The van der Waals surface area contributed by atoms with E-state index in [1.54, 1.807) is 4.68 Å². The van der Waals surface area contributed by atoms with Crippen molar-refractivity contribution in [2.45, 2.75) is 25.7 Å². The minimum absolute atomic E-state index is 0.0206. The van der Waals surface area contributed by atoms with Gasteiger partial charge in [0.1, 0.15) is 5.69 Å². The van der Waals surface area contributed by atoms with E-state index in [1.807, 2.05) is 71.8 Å². The van der Waals surface area contributed by atoms with Gasteiger partial charge in [-0.05, 0) is 37.3 Å². The standard InChI is InChI=1S/C24H25N3O3/c28-22(29)12-11-18-13-15-26(16-14-18)24(30)21-17-27(20-9-5-2-6-10-20)25-23(21)19-7-3-1-4-8-19/h1-10,17-18H,11-16H2,(H,28,29). The van der Waals surface area contributed by atoms with Crippen LogP contribution in [0.25, 0.3) is 16.9 Å². The second-order valence-corrected chi connectivity index (χ2v) is 7.71. The van der Waals surface area contributed by atoms with Gasteiger partial charge in [0.05, 0.1) is 11.3 Å². The molecule has 1 N–H and O–H groups in total. The molecule has 0 saturated carbocycles. The lowest BCUT2D eigenvalue weighted by molar-refractivity contribution is -0.137. The summed E-state index contributed by atoms with van der Waals surface area (Å²) in [4.78, 5) is 26.1. The summed E-state index contributed by atoms with van der Waals surface area (Å²) in [5, 5.41) is 13.6. The second kappa shape index (κ2) is 8.95. The first-order chi connectivity index (χ1) is 14.6. The van der Waals surface area contributed by atoms with Crippen molar-refractivity contribution in [3.05, 3.63) is 72.4 Å². The number of carboxylic acids is 1. The third-order valence-corrected chi connectivity index (χ3v) is 5.68. The maximum absolute atomic E-state index is 13.4. The molecule has 1 aromatic heterocycles. The molecule has 1 amide bonds. The number of rotatable bonds is 6. The molecular formula is C24H25N3O3. The topological polar surface area (TPSA) is 75.4 Å². The van der Waals surface area contributed by atoms with Crippen LogP contribution in [-0.2, 0) is 4.79 Å². The second-order valence-electron chi connectivity index (χ2n) is 7.71. The Hall–Kier alpha value is -3.41. The minimum atomic E-state index is -0.755. The van der Waals surface area contributed by atoms with Crippen LogP contribution in [0.2, 0.25) is 0 Å².